The molecule has 0 saturated heterocycles. The highest BCUT2D eigenvalue weighted by Crippen LogP contribution is 2.19. The number of rotatable bonds is 15. The molecule has 0 atom stereocenters. The Morgan fingerprint density at radius 3 is 1.71 bits per heavy atom. The topological polar surface area (TPSA) is 40.2 Å². The number of ether oxygens (including phenoxy) is 2. The van der Waals surface area contributed by atoms with Gasteiger partial charge in [-0.15, -0.1) is 0 Å². The first-order chi connectivity index (χ1) is 10.2. The molecule has 0 heterocycles. The Morgan fingerprint density at radius 2 is 1.33 bits per heavy atom. The van der Waals surface area contributed by atoms with E-state index in [0.717, 1.165) is 64.6 Å². The highest BCUT2D eigenvalue weighted by atomic mass is 28.4. The van der Waals surface area contributed by atoms with E-state index in [-0.39, 0.29) is 0 Å². The van der Waals surface area contributed by atoms with E-state index in [9.17, 15) is 0 Å². The van der Waals surface area contributed by atoms with Gasteiger partial charge in [0.25, 0.3) is 0 Å². The van der Waals surface area contributed by atoms with E-state index in [4.69, 9.17) is 18.3 Å². The van der Waals surface area contributed by atoms with Crippen molar-refractivity contribution in [2.75, 3.05) is 60.3 Å². The van der Waals surface area contributed by atoms with Crippen molar-refractivity contribution >= 4 is 8.56 Å². The summed E-state index contributed by atoms with van der Waals surface area (Å²) in [6.07, 6.45) is 1.10. The van der Waals surface area contributed by atoms with Gasteiger partial charge in [-0.3, -0.25) is 4.90 Å². The average molecular weight is 322 g/mol. The molecule has 6 heteroatoms. The predicted molar refractivity (Wildman–Crippen MR) is 89.1 cm³/mol. The third-order valence-corrected chi connectivity index (χ3v) is 7.51. The lowest BCUT2D eigenvalue weighted by Crippen LogP contribution is -2.40. The molecule has 0 rings (SSSR count). The third-order valence-electron chi connectivity index (χ3n) is 3.83. The zero-order valence-corrected chi connectivity index (χ0v) is 15.7. The SMILES string of the molecule is CCOCCN(CCC[Si](CC)(OC)OC)CCOCC. The van der Waals surface area contributed by atoms with E-state index in [0.29, 0.717) is 0 Å². The van der Waals surface area contributed by atoms with Crippen LogP contribution in [-0.2, 0) is 18.3 Å². The predicted octanol–water partition coefficient (Wildman–Crippen LogP) is 2.51. The highest BCUT2D eigenvalue weighted by molar-refractivity contribution is 6.67. The van der Waals surface area contributed by atoms with Crippen molar-refractivity contribution in [1.82, 2.24) is 4.90 Å². The van der Waals surface area contributed by atoms with E-state index in [1.54, 1.807) is 14.2 Å². The molecule has 0 radical (unpaired) electrons. The molecule has 5 nitrogen and oxygen atoms in total. The standard InChI is InChI=1S/C15H35NO4Si/c1-6-19-13-11-16(12-14-20-7-2)10-9-15-21(8-3,17-4)18-5/h6-15H2,1-5H3. The maximum Gasteiger partial charge on any atom is 0.337 e. The van der Waals surface area contributed by atoms with E-state index in [1.807, 2.05) is 13.8 Å². The van der Waals surface area contributed by atoms with Crippen molar-refractivity contribution < 1.29 is 18.3 Å². The van der Waals surface area contributed by atoms with Crippen LogP contribution in [0.4, 0.5) is 0 Å². The van der Waals surface area contributed by atoms with E-state index >= 15 is 0 Å². The zero-order chi connectivity index (χ0) is 16.0. The van der Waals surface area contributed by atoms with Crippen molar-refractivity contribution in [3.05, 3.63) is 0 Å². The Hall–Kier alpha value is 0.0169. The fraction of sp³-hybridized carbons (Fsp3) is 1.00. The molecule has 0 aromatic rings. The average Bonchev–Trinajstić information content (AvgIpc) is 2.52. The Labute approximate surface area is 132 Å². The minimum absolute atomic E-state index is 0.776. The van der Waals surface area contributed by atoms with Crippen molar-refractivity contribution in [3.8, 4) is 0 Å². The second-order valence-electron chi connectivity index (χ2n) is 5.01. The molecule has 0 fully saturated rings. The Kier molecular flexibility index (Phi) is 13.7. The molecular formula is C15H35NO4Si. The van der Waals surface area contributed by atoms with Gasteiger partial charge in [-0.05, 0) is 38.9 Å². The molecule has 0 unspecified atom stereocenters. The fourth-order valence-electron chi connectivity index (χ4n) is 2.34. The third kappa shape index (κ3) is 9.60. The molecule has 21 heavy (non-hydrogen) atoms. The lowest BCUT2D eigenvalue weighted by atomic mass is 10.4. The van der Waals surface area contributed by atoms with Crippen molar-refractivity contribution in [2.24, 2.45) is 0 Å². The molecule has 0 aromatic carbocycles. The van der Waals surface area contributed by atoms with Gasteiger partial charge in [0.15, 0.2) is 0 Å². The second kappa shape index (κ2) is 13.7. The number of nitrogens with zero attached hydrogens (tertiary/aromatic N) is 1. The Morgan fingerprint density at radius 1 is 0.810 bits per heavy atom. The summed E-state index contributed by atoms with van der Waals surface area (Å²) in [6.45, 7) is 12.3. The number of hydrogen-bond acceptors (Lipinski definition) is 5. The normalized spacial score (nSPS) is 12.3. The van der Waals surface area contributed by atoms with Crippen molar-refractivity contribution in [2.45, 2.75) is 39.3 Å². The molecule has 0 aromatic heterocycles. The van der Waals surface area contributed by atoms with Crippen LogP contribution in [0.15, 0.2) is 0 Å². The Bertz CT molecular complexity index is 209. The first-order valence-corrected chi connectivity index (χ1v) is 10.4. The van der Waals surface area contributed by atoms with Gasteiger partial charge in [0.2, 0.25) is 0 Å². The monoisotopic (exact) mass is 321 g/mol. The lowest BCUT2D eigenvalue weighted by molar-refractivity contribution is 0.0825. The minimum Gasteiger partial charge on any atom is -0.398 e. The van der Waals surface area contributed by atoms with Crippen LogP contribution in [0, 0.1) is 0 Å². The van der Waals surface area contributed by atoms with Crippen LogP contribution in [0.1, 0.15) is 27.2 Å². The van der Waals surface area contributed by atoms with Crippen LogP contribution in [0.25, 0.3) is 0 Å². The first-order valence-electron chi connectivity index (χ1n) is 8.16. The van der Waals surface area contributed by atoms with E-state index in [2.05, 4.69) is 11.8 Å². The van der Waals surface area contributed by atoms with Gasteiger partial charge < -0.3 is 18.3 Å². The Balaban J connectivity index is 4.12. The molecule has 0 bridgehead atoms. The summed E-state index contributed by atoms with van der Waals surface area (Å²) in [6, 6.07) is 2.04. The largest absolute Gasteiger partial charge is 0.398 e. The maximum atomic E-state index is 5.66. The van der Waals surface area contributed by atoms with Gasteiger partial charge in [0.1, 0.15) is 0 Å². The summed E-state index contributed by atoms with van der Waals surface area (Å²) >= 11 is 0. The van der Waals surface area contributed by atoms with Crippen molar-refractivity contribution in [1.29, 1.82) is 0 Å². The molecule has 0 N–H and O–H groups in total. The number of hydrogen-bond donors (Lipinski definition) is 0. The van der Waals surface area contributed by atoms with Crippen LogP contribution < -0.4 is 0 Å². The van der Waals surface area contributed by atoms with Crippen LogP contribution in [0.3, 0.4) is 0 Å². The molecule has 0 aliphatic rings. The first kappa shape index (κ1) is 21.0. The van der Waals surface area contributed by atoms with Gasteiger partial charge in [0.05, 0.1) is 13.2 Å². The summed E-state index contributed by atoms with van der Waals surface area (Å²) in [5.41, 5.74) is 0. The molecule has 0 spiro atoms. The lowest BCUT2D eigenvalue weighted by Gasteiger charge is -2.28. The molecule has 0 aliphatic carbocycles. The zero-order valence-electron chi connectivity index (χ0n) is 14.7. The molecule has 0 aliphatic heterocycles. The minimum atomic E-state index is -1.95. The van der Waals surface area contributed by atoms with Crippen LogP contribution in [0.2, 0.25) is 12.1 Å². The second-order valence-corrected chi connectivity index (χ2v) is 8.86. The summed E-state index contributed by atoms with van der Waals surface area (Å²) in [4.78, 5) is 2.41. The summed E-state index contributed by atoms with van der Waals surface area (Å²) in [5, 5.41) is 0. The molecule has 128 valence electrons. The molecular weight excluding hydrogens is 286 g/mol. The highest BCUT2D eigenvalue weighted by Gasteiger charge is 2.32. The van der Waals surface area contributed by atoms with Crippen LogP contribution in [0.5, 0.6) is 0 Å². The summed E-state index contributed by atoms with van der Waals surface area (Å²) in [5.74, 6) is 0. The molecule has 0 saturated carbocycles. The van der Waals surface area contributed by atoms with Gasteiger partial charge in [-0.1, -0.05) is 6.92 Å². The maximum absolute atomic E-state index is 5.66. The van der Waals surface area contributed by atoms with E-state index in [1.165, 1.54) is 0 Å². The summed E-state index contributed by atoms with van der Waals surface area (Å²) < 4.78 is 22.2. The smallest absolute Gasteiger partial charge is 0.337 e. The van der Waals surface area contributed by atoms with Crippen molar-refractivity contribution in [3.63, 3.8) is 0 Å². The quantitative estimate of drug-likeness (QED) is 0.342. The van der Waals surface area contributed by atoms with Crippen LogP contribution >= 0.6 is 0 Å². The molecule has 0 amide bonds. The van der Waals surface area contributed by atoms with Crippen LogP contribution in [-0.4, -0.2) is 73.7 Å². The van der Waals surface area contributed by atoms with Gasteiger partial charge >= 0.3 is 8.56 Å². The van der Waals surface area contributed by atoms with Gasteiger partial charge in [-0.25, -0.2) is 0 Å². The summed E-state index contributed by atoms with van der Waals surface area (Å²) in [7, 11) is 1.61. The van der Waals surface area contributed by atoms with Gasteiger partial charge in [-0.2, -0.15) is 0 Å². The van der Waals surface area contributed by atoms with E-state index < -0.39 is 8.56 Å². The fourth-order valence-corrected chi connectivity index (χ4v) is 4.54. The van der Waals surface area contributed by atoms with Gasteiger partial charge in [0, 0.05) is 40.5 Å².